The molecule has 114 valence electrons. The average molecular weight is 310 g/mol. The van der Waals surface area contributed by atoms with E-state index in [1.165, 1.54) is 23.2 Å². The molecule has 4 rings (SSSR count). The van der Waals surface area contributed by atoms with Crippen LogP contribution in [0.15, 0.2) is 60.7 Å². The lowest BCUT2D eigenvalue weighted by Crippen LogP contribution is -2.48. The van der Waals surface area contributed by atoms with Gasteiger partial charge in [-0.15, -0.1) is 0 Å². The summed E-state index contributed by atoms with van der Waals surface area (Å²) in [6, 6.07) is 21.5. The van der Waals surface area contributed by atoms with Gasteiger partial charge >= 0.3 is 0 Å². The molecule has 1 heterocycles. The van der Waals surface area contributed by atoms with Gasteiger partial charge in [0.05, 0.1) is 12.2 Å². The molecule has 1 aliphatic carbocycles. The van der Waals surface area contributed by atoms with Crippen molar-refractivity contribution in [3.63, 3.8) is 0 Å². The van der Waals surface area contributed by atoms with Gasteiger partial charge < -0.3 is 9.16 Å². The lowest BCUT2D eigenvalue weighted by molar-refractivity contribution is 0.114. The van der Waals surface area contributed by atoms with Crippen molar-refractivity contribution in [2.75, 3.05) is 6.61 Å². The molecule has 2 aliphatic rings. The van der Waals surface area contributed by atoms with E-state index in [4.69, 9.17) is 9.16 Å². The molecule has 1 saturated heterocycles. The van der Waals surface area contributed by atoms with Crippen molar-refractivity contribution in [1.82, 2.24) is 0 Å². The number of rotatable bonds is 4. The number of epoxide rings is 1. The second-order valence-electron chi connectivity index (χ2n) is 6.51. The van der Waals surface area contributed by atoms with Crippen LogP contribution in [0.4, 0.5) is 0 Å². The molecule has 2 nitrogen and oxygen atoms in total. The smallest absolute Gasteiger partial charge is 0.240 e. The van der Waals surface area contributed by atoms with E-state index in [0.29, 0.717) is 6.10 Å². The molecule has 0 unspecified atom stereocenters. The molecule has 0 amide bonds. The van der Waals surface area contributed by atoms with E-state index in [9.17, 15) is 0 Å². The van der Waals surface area contributed by atoms with Gasteiger partial charge in [0, 0.05) is 6.10 Å². The summed E-state index contributed by atoms with van der Waals surface area (Å²) in [6.45, 7) is 0.970. The van der Waals surface area contributed by atoms with Gasteiger partial charge in [0.1, 0.15) is 0 Å². The van der Waals surface area contributed by atoms with E-state index in [2.05, 4.69) is 60.7 Å². The Labute approximate surface area is 133 Å². The summed E-state index contributed by atoms with van der Waals surface area (Å²) in [5.41, 5.74) is 0.246. The monoisotopic (exact) mass is 310 g/mol. The maximum absolute atomic E-state index is 6.67. The predicted molar refractivity (Wildman–Crippen MR) is 91.3 cm³/mol. The van der Waals surface area contributed by atoms with Gasteiger partial charge in [-0.25, -0.2) is 0 Å². The van der Waals surface area contributed by atoms with E-state index >= 15 is 0 Å². The van der Waals surface area contributed by atoms with Gasteiger partial charge in [-0.1, -0.05) is 60.7 Å². The number of benzene rings is 2. The summed E-state index contributed by atoms with van der Waals surface area (Å²) in [4.78, 5) is 0. The molecular formula is C19H22O2Si. The molecule has 1 saturated carbocycles. The van der Waals surface area contributed by atoms with Crippen molar-refractivity contribution in [1.29, 1.82) is 0 Å². The van der Waals surface area contributed by atoms with Crippen LogP contribution in [0.3, 0.4) is 0 Å². The Morgan fingerprint density at radius 3 is 1.82 bits per heavy atom. The highest BCUT2D eigenvalue weighted by molar-refractivity contribution is 6.80. The highest BCUT2D eigenvalue weighted by atomic mass is 28.3. The first-order valence-corrected chi connectivity index (χ1v) is 9.87. The zero-order valence-electron chi connectivity index (χ0n) is 12.8. The molecule has 22 heavy (non-hydrogen) atoms. The van der Waals surface area contributed by atoms with Crippen molar-refractivity contribution < 1.29 is 9.16 Å². The van der Waals surface area contributed by atoms with Crippen LogP contribution >= 0.6 is 0 Å². The number of hydrogen-bond donors (Lipinski definition) is 0. The second-order valence-corrected chi connectivity index (χ2v) is 8.87. The second kappa shape index (κ2) is 5.99. The van der Waals surface area contributed by atoms with Crippen LogP contribution in [-0.2, 0) is 9.16 Å². The Kier molecular flexibility index (Phi) is 3.86. The Morgan fingerprint density at radius 2 is 1.36 bits per heavy atom. The van der Waals surface area contributed by atoms with Crippen LogP contribution in [0.1, 0.15) is 25.7 Å². The molecule has 0 bridgehead atoms. The van der Waals surface area contributed by atoms with Crippen molar-refractivity contribution in [2.24, 2.45) is 0 Å². The summed E-state index contributed by atoms with van der Waals surface area (Å²) in [5.74, 6) is 0. The molecule has 1 aliphatic heterocycles. The average Bonchev–Trinajstić information content (AvgIpc) is 3.35. The predicted octanol–water partition coefficient (Wildman–Crippen LogP) is 2.25. The van der Waals surface area contributed by atoms with Crippen molar-refractivity contribution in [3.05, 3.63) is 60.7 Å². The minimum Gasteiger partial charge on any atom is -0.408 e. The van der Waals surface area contributed by atoms with Crippen molar-refractivity contribution in [2.45, 2.75) is 37.4 Å². The topological polar surface area (TPSA) is 21.8 Å². The summed E-state index contributed by atoms with van der Waals surface area (Å²) >= 11 is 0. The lowest BCUT2D eigenvalue weighted by atomic mass is 9.88. The van der Waals surface area contributed by atoms with Crippen LogP contribution in [0, 0.1) is 0 Å². The van der Waals surface area contributed by atoms with E-state index in [-0.39, 0.29) is 5.60 Å². The quantitative estimate of drug-likeness (QED) is 0.638. The molecule has 2 aromatic rings. The first-order chi connectivity index (χ1) is 10.8. The molecule has 0 radical (unpaired) electrons. The summed E-state index contributed by atoms with van der Waals surface area (Å²) < 4.78 is 12.3. The van der Waals surface area contributed by atoms with Gasteiger partial charge in [-0.3, -0.25) is 0 Å². The van der Waals surface area contributed by atoms with Gasteiger partial charge in [0.15, 0.2) is 0 Å². The Bertz CT molecular complexity index is 560. The summed E-state index contributed by atoms with van der Waals surface area (Å²) in [6.07, 6.45) is 5.02. The maximum Gasteiger partial charge on any atom is 0.240 e. The van der Waals surface area contributed by atoms with Crippen molar-refractivity contribution in [3.8, 4) is 0 Å². The van der Waals surface area contributed by atoms with Gasteiger partial charge in [-0.05, 0) is 36.1 Å². The molecule has 1 spiro atoms. The Morgan fingerprint density at radius 1 is 0.864 bits per heavy atom. The minimum absolute atomic E-state index is 0.246. The number of hydrogen-bond acceptors (Lipinski definition) is 2. The highest BCUT2D eigenvalue weighted by Gasteiger charge is 2.47. The molecule has 0 atom stereocenters. The fourth-order valence-corrected chi connectivity index (χ4v) is 5.94. The van der Waals surface area contributed by atoms with E-state index in [1.54, 1.807) is 0 Å². The molecule has 0 N–H and O–H groups in total. The Hall–Kier alpha value is -1.42. The lowest BCUT2D eigenvalue weighted by Gasteiger charge is -2.30. The largest absolute Gasteiger partial charge is 0.408 e. The third-order valence-corrected chi connectivity index (χ3v) is 7.57. The van der Waals surface area contributed by atoms with Gasteiger partial charge in [0.25, 0.3) is 0 Å². The van der Waals surface area contributed by atoms with Crippen molar-refractivity contribution >= 4 is 19.4 Å². The van der Waals surface area contributed by atoms with Crippen LogP contribution in [0.25, 0.3) is 0 Å². The van der Waals surface area contributed by atoms with Gasteiger partial charge in [-0.2, -0.15) is 0 Å². The van der Waals surface area contributed by atoms with E-state index in [0.717, 1.165) is 19.4 Å². The first-order valence-electron chi connectivity index (χ1n) is 8.24. The molecule has 0 aromatic heterocycles. The fourth-order valence-electron chi connectivity index (χ4n) is 3.44. The summed E-state index contributed by atoms with van der Waals surface area (Å²) in [7, 11) is -1.59. The SMILES string of the molecule is c1ccc([SiH](OC2CCC3(CC2)CO3)c2ccccc2)cc1. The van der Waals surface area contributed by atoms with Crippen LogP contribution in [-0.4, -0.2) is 27.4 Å². The Balaban J connectivity index is 1.53. The van der Waals surface area contributed by atoms with E-state index in [1.807, 2.05) is 0 Å². The van der Waals surface area contributed by atoms with E-state index < -0.39 is 9.04 Å². The fraction of sp³-hybridized carbons (Fsp3) is 0.368. The van der Waals surface area contributed by atoms with Crippen LogP contribution < -0.4 is 10.4 Å². The third-order valence-electron chi connectivity index (χ3n) is 4.93. The minimum atomic E-state index is -1.59. The molecule has 3 heteroatoms. The highest BCUT2D eigenvalue weighted by Crippen LogP contribution is 2.42. The van der Waals surface area contributed by atoms with Crippen LogP contribution in [0.2, 0.25) is 0 Å². The maximum atomic E-state index is 6.67. The standard InChI is InChI=1S/C19H22O2Si/c1-3-7-17(8-4-1)22(18-9-5-2-6-10-18)21-16-11-13-19(14-12-16)15-20-19/h1-10,16,22H,11-15H2. The zero-order valence-corrected chi connectivity index (χ0v) is 13.9. The first kappa shape index (κ1) is 14.2. The molecular weight excluding hydrogens is 288 g/mol. The third kappa shape index (κ3) is 3.02. The number of ether oxygens (including phenoxy) is 1. The summed E-state index contributed by atoms with van der Waals surface area (Å²) in [5, 5.41) is 2.74. The zero-order chi connectivity index (χ0) is 14.8. The van der Waals surface area contributed by atoms with Gasteiger partial charge in [0.2, 0.25) is 9.04 Å². The molecule has 2 aromatic carbocycles. The normalized spacial score (nSPS) is 27.2. The van der Waals surface area contributed by atoms with Crippen LogP contribution in [0.5, 0.6) is 0 Å². The molecule has 2 fully saturated rings.